The lowest BCUT2D eigenvalue weighted by Gasteiger charge is -2.02. The summed E-state index contributed by atoms with van der Waals surface area (Å²) in [7, 11) is 0. The van der Waals surface area contributed by atoms with Gasteiger partial charge in [0.15, 0.2) is 5.78 Å². The van der Waals surface area contributed by atoms with E-state index in [9.17, 15) is 9.18 Å². The Morgan fingerprint density at radius 2 is 2.27 bits per heavy atom. The van der Waals surface area contributed by atoms with Crippen molar-refractivity contribution in [2.24, 2.45) is 0 Å². The lowest BCUT2D eigenvalue weighted by molar-refractivity contribution is 0.0980. The lowest BCUT2D eigenvalue weighted by Crippen LogP contribution is -2.00. The summed E-state index contributed by atoms with van der Waals surface area (Å²) in [5.74, 6) is -0.482. The molecule has 0 heterocycles. The van der Waals surface area contributed by atoms with Crippen LogP contribution in [-0.4, -0.2) is 5.78 Å². The molecule has 0 fully saturated rings. The third-order valence-corrected chi connectivity index (χ3v) is 2.36. The van der Waals surface area contributed by atoms with Crippen LogP contribution in [-0.2, 0) is 0 Å². The van der Waals surface area contributed by atoms with Gasteiger partial charge in [0.2, 0.25) is 0 Å². The zero-order valence-corrected chi connectivity index (χ0v) is 9.06. The first-order valence-corrected chi connectivity index (χ1v) is 5.12. The van der Waals surface area contributed by atoms with E-state index in [-0.39, 0.29) is 10.8 Å². The number of hydrogen-bond donors (Lipinski definition) is 0. The molecule has 3 heteroatoms. The van der Waals surface area contributed by atoms with Gasteiger partial charge in [0, 0.05) is 12.0 Å². The van der Waals surface area contributed by atoms with Crippen molar-refractivity contribution in [3.05, 3.63) is 47.3 Å². The van der Waals surface area contributed by atoms with Gasteiger partial charge in [0.05, 0.1) is 5.02 Å². The molecule has 80 valence electrons. The van der Waals surface area contributed by atoms with Gasteiger partial charge in [-0.2, -0.15) is 0 Å². The fourth-order valence-corrected chi connectivity index (χ4v) is 1.53. The molecule has 15 heavy (non-hydrogen) atoms. The summed E-state index contributed by atoms with van der Waals surface area (Å²) in [6.45, 7) is 3.57. The Morgan fingerprint density at radius 1 is 1.53 bits per heavy atom. The quantitative estimate of drug-likeness (QED) is 0.421. The first-order valence-electron chi connectivity index (χ1n) is 4.74. The van der Waals surface area contributed by atoms with Crippen LogP contribution in [0.1, 0.15) is 29.6 Å². The highest BCUT2D eigenvalue weighted by Gasteiger charge is 2.10. The average Bonchev–Trinajstić information content (AvgIpc) is 2.17. The molecule has 0 radical (unpaired) electrons. The summed E-state index contributed by atoms with van der Waals surface area (Å²) in [4.78, 5) is 11.6. The molecule has 0 aromatic heterocycles. The van der Waals surface area contributed by atoms with E-state index >= 15 is 0 Å². The molecule has 0 N–H and O–H groups in total. The van der Waals surface area contributed by atoms with Crippen molar-refractivity contribution >= 4 is 17.4 Å². The van der Waals surface area contributed by atoms with Crippen LogP contribution in [0.3, 0.4) is 0 Å². The molecule has 0 spiro atoms. The summed E-state index contributed by atoms with van der Waals surface area (Å²) in [5, 5.41) is 0.179. The molecule has 0 unspecified atom stereocenters. The predicted molar refractivity (Wildman–Crippen MR) is 59.8 cm³/mol. The highest BCUT2D eigenvalue weighted by atomic mass is 35.5. The smallest absolute Gasteiger partial charge is 0.164 e. The third kappa shape index (κ3) is 3.48. The number of benzene rings is 1. The van der Waals surface area contributed by atoms with Gasteiger partial charge in [-0.05, 0) is 31.0 Å². The molecule has 0 aliphatic carbocycles. The summed E-state index contributed by atoms with van der Waals surface area (Å²) in [5.41, 5.74) is 0.391. The second-order valence-corrected chi connectivity index (χ2v) is 3.64. The van der Waals surface area contributed by atoms with Gasteiger partial charge in [0.25, 0.3) is 0 Å². The summed E-state index contributed by atoms with van der Waals surface area (Å²) in [6.07, 6.45) is 3.72. The number of rotatable bonds is 5. The maximum absolute atomic E-state index is 12.7. The number of ketones is 1. The topological polar surface area (TPSA) is 17.1 Å². The molecule has 0 atom stereocenters. The Kier molecular flexibility index (Phi) is 4.50. The third-order valence-electron chi connectivity index (χ3n) is 2.04. The van der Waals surface area contributed by atoms with Gasteiger partial charge in [-0.25, -0.2) is 4.39 Å². The number of unbranched alkanes of at least 4 members (excludes halogenated alkanes) is 1. The number of Topliss-reactive ketones (excluding diaryl/α,β-unsaturated/α-hetero) is 1. The molecule has 1 nitrogen and oxygen atoms in total. The molecule has 0 aliphatic rings. The van der Waals surface area contributed by atoms with Crippen molar-refractivity contribution in [1.82, 2.24) is 0 Å². The van der Waals surface area contributed by atoms with Crippen LogP contribution in [0.5, 0.6) is 0 Å². The Bertz CT molecular complexity index is 374. The minimum atomic E-state index is -0.428. The van der Waals surface area contributed by atoms with E-state index < -0.39 is 5.82 Å². The second-order valence-electron chi connectivity index (χ2n) is 3.23. The average molecular weight is 227 g/mol. The van der Waals surface area contributed by atoms with E-state index in [1.807, 2.05) is 0 Å². The maximum Gasteiger partial charge on any atom is 0.164 e. The molecular weight excluding hydrogens is 215 g/mol. The van der Waals surface area contributed by atoms with Crippen molar-refractivity contribution in [3.8, 4) is 0 Å². The molecule has 1 aromatic carbocycles. The number of allylic oxidation sites excluding steroid dienone is 1. The summed E-state index contributed by atoms with van der Waals surface area (Å²) < 4.78 is 12.7. The fourth-order valence-electron chi connectivity index (χ4n) is 1.26. The van der Waals surface area contributed by atoms with Crippen molar-refractivity contribution in [1.29, 1.82) is 0 Å². The Hall–Kier alpha value is -1.15. The van der Waals surface area contributed by atoms with Crippen LogP contribution >= 0.6 is 11.6 Å². The number of carbonyl (C=O) groups excluding carboxylic acids is 1. The summed E-state index contributed by atoms with van der Waals surface area (Å²) >= 11 is 5.76. The molecule has 0 saturated heterocycles. The minimum Gasteiger partial charge on any atom is -0.294 e. The van der Waals surface area contributed by atoms with Gasteiger partial charge in [-0.1, -0.05) is 17.7 Å². The molecular formula is C12H12ClFO. The standard InChI is InChI=1S/C12H12ClFO/c1-2-3-4-5-12(15)10-7-6-9(14)8-11(10)13/h2,6-8H,1,3-5H2. The van der Waals surface area contributed by atoms with Crippen LogP contribution < -0.4 is 0 Å². The van der Waals surface area contributed by atoms with Crippen molar-refractivity contribution in [2.75, 3.05) is 0 Å². The van der Waals surface area contributed by atoms with E-state index in [1.54, 1.807) is 6.08 Å². The first-order chi connectivity index (χ1) is 7.15. The zero-order valence-electron chi connectivity index (χ0n) is 8.30. The highest BCUT2D eigenvalue weighted by Crippen LogP contribution is 2.19. The largest absolute Gasteiger partial charge is 0.294 e. The van der Waals surface area contributed by atoms with Crippen molar-refractivity contribution in [2.45, 2.75) is 19.3 Å². The van der Waals surface area contributed by atoms with Gasteiger partial charge < -0.3 is 0 Å². The van der Waals surface area contributed by atoms with E-state index in [0.29, 0.717) is 12.0 Å². The van der Waals surface area contributed by atoms with E-state index in [4.69, 9.17) is 11.6 Å². The van der Waals surface area contributed by atoms with Crippen LogP contribution in [0.15, 0.2) is 30.9 Å². The van der Waals surface area contributed by atoms with Crippen LogP contribution in [0, 0.1) is 5.82 Å². The van der Waals surface area contributed by atoms with E-state index in [0.717, 1.165) is 18.9 Å². The van der Waals surface area contributed by atoms with Crippen LogP contribution in [0.2, 0.25) is 5.02 Å². The number of halogens is 2. The molecule has 0 saturated carbocycles. The highest BCUT2D eigenvalue weighted by molar-refractivity contribution is 6.33. The maximum atomic E-state index is 12.7. The van der Waals surface area contributed by atoms with Gasteiger partial charge >= 0.3 is 0 Å². The Labute approximate surface area is 93.6 Å². The Balaban J connectivity index is 2.69. The van der Waals surface area contributed by atoms with Crippen LogP contribution in [0.4, 0.5) is 4.39 Å². The van der Waals surface area contributed by atoms with E-state index in [2.05, 4.69) is 6.58 Å². The lowest BCUT2D eigenvalue weighted by atomic mass is 10.1. The predicted octanol–water partition coefficient (Wildman–Crippen LogP) is 4.02. The van der Waals surface area contributed by atoms with Crippen molar-refractivity contribution in [3.63, 3.8) is 0 Å². The summed E-state index contributed by atoms with van der Waals surface area (Å²) in [6, 6.07) is 3.82. The van der Waals surface area contributed by atoms with Gasteiger partial charge in [-0.3, -0.25) is 4.79 Å². The second kappa shape index (κ2) is 5.66. The fraction of sp³-hybridized carbons (Fsp3) is 0.250. The van der Waals surface area contributed by atoms with Gasteiger partial charge in [0.1, 0.15) is 5.82 Å². The first kappa shape index (κ1) is 11.9. The number of hydrogen-bond acceptors (Lipinski definition) is 1. The SMILES string of the molecule is C=CCCCC(=O)c1ccc(F)cc1Cl. The minimum absolute atomic E-state index is 0.0538. The van der Waals surface area contributed by atoms with E-state index in [1.165, 1.54) is 12.1 Å². The Morgan fingerprint density at radius 3 is 2.87 bits per heavy atom. The van der Waals surface area contributed by atoms with Crippen molar-refractivity contribution < 1.29 is 9.18 Å². The normalized spacial score (nSPS) is 10.0. The molecule has 0 aliphatic heterocycles. The monoisotopic (exact) mass is 226 g/mol. The van der Waals surface area contributed by atoms with Gasteiger partial charge in [-0.15, -0.1) is 6.58 Å². The van der Waals surface area contributed by atoms with Crippen LogP contribution in [0.25, 0.3) is 0 Å². The molecule has 1 rings (SSSR count). The molecule has 0 amide bonds. The zero-order chi connectivity index (χ0) is 11.3. The molecule has 1 aromatic rings. The number of carbonyl (C=O) groups is 1. The molecule has 0 bridgehead atoms.